The topological polar surface area (TPSA) is 82.3 Å². The van der Waals surface area contributed by atoms with Crippen LogP contribution in [-0.4, -0.2) is 50.6 Å². The molecule has 0 fully saturated rings. The van der Waals surface area contributed by atoms with E-state index in [0.29, 0.717) is 17.5 Å². The van der Waals surface area contributed by atoms with Crippen LogP contribution in [0.25, 0.3) is 162 Å². The Morgan fingerprint density at radius 2 is 0.386 bits per heavy atom. The Labute approximate surface area is 850 Å². The lowest BCUT2D eigenvalue weighted by atomic mass is 9.87. The molecule has 145 heavy (non-hydrogen) atoms. The predicted molar refractivity (Wildman–Crippen MR) is 612 cm³/mol. The lowest BCUT2D eigenvalue weighted by molar-refractivity contribution is 0.590. The van der Waals surface area contributed by atoms with Crippen LogP contribution in [0.2, 0.25) is 0 Å². The van der Waals surface area contributed by atoms with Gasteiger partial charge in [0.25, 0.3) is 0 Å². The van der Waals surface area contributed by atoms with Gasteiger partial charge in [-0.3, -0.25) is 15.0 Å². The Morgan fingerprint density at radius 1 is 0.172 bits per heavy atom. The van der Waals surface area contributed by atoms with E-state index in [-0.39, 0.29) is 5.41 Å². The summed E-state index contributed by atoms with van der Waals surface area (Å²) >= 11 is 0. The van der Waals surface area contributed by atoms with Gasteiger partial charge in [-0.15, -0.1) is 0 Å². The van der Waals surface area contributed by atoms with E-state index in [9.17, 15) is 0 Å². The average Bonchev–Trinajstić information content (AvgIpc) is 1.23. The molecule has 0 saturated carbocycles. The minimum absolute atomic E-state index is 0.0592. The SMILES string of the molecule is CC(C)(C)c1ccc(-n2c3ccc([Si](c4ccccc4)(c4ccccc4)c4ccccc4)cc3c3cc([Si](c4ccccc4)(c4ccccc4)c4ccccc4)ccc32)cc1.c1ccc(-c2cccc(-c3nc(-c4cccc(-c5ccccc5)c4)nc(-c4cccc(-c5ccccc5)c4)n3)c2)cc1.c1cncc(-c2cccc(-c3cc(-c4cccc(-c5cccnc5)c4)cc(-c4cccc(-c5cccnc5)c4)c3)c2)c1. The van der Waals surface area contributed by atoms with Gasteiger partial charge in [0.05, 0.1) is 11.0 Å². The molecule has 0 saturated heterocycles. The van der Waals surface area contributed by atoms with Gasteiger partial charge in [0, 0.05) is 87.0 Å². The summed E-state index contributed by atoms with van der Waals surface area (Å²) in [6.07, 6.45) is 11.2. The molecule has 0 bridgehead atoms. The molecule has 0 N–H and O–H groups in total. The van der Waals surface area contributed by atoms with Crippen LogP contribution in [0.3, 0.4) is 0 Å². The lowest BCUT2D eigenvalue weighted by Gasteiger charge is -2.34. The van der Waals surface area contributed by atoms with E-state index in [4.69, 9.17) is 15.0 Å². The molecule has 0 unspecified atom stereocenters. The van der Waals surface area contributed by atoms with Crippen LogP contribution >= 0.6 is 0 Å². The van der Waals surface area contributed by atoms with Crippen molar-refractivity contribution in [3.63, 3.8) is 0 Å². The second-order valence-corrected chi connectivity index (χ2v) is 45.3. The molecule has 0 spiro atoms. The highest BCUT2D eigenvalue weighted by Gasteiger charge is 2.44. The molecule has 690 valence electrons. The summed E-state index contributed by atoms with van der Waals surface area (Å²) in [5, 5.41) is 13.5. The van der Waals surface area contributed by atoms with Crippen LogP contribution in [0.15, 0.2) is 571 Å². The highest BCUT2D eigenvalue weighted by atomic mass is 28.3. The quantitative estimate of drug-likeness (QED) is 0.0527. The normalized spacial score (nSPS) is 11.4. The van der Waals surface area contributed by atoms with Crippen molar-refractivity contribution in [3.05, 3.63) is 577 Å². The first-order valence-electron chi connectivity index (χ1n) is 49.4. The highest BCUT2D eigenvalue weighted by molar-refractivity contribution is 7.20. The van der Waals surface area contributed by atoms with Crippen molar-refractivity contribution < 1.29 is 0 Å². The number of nitrogens with zero attached hydrogens (tertiary/aromatic N) is 7. The van der Waals surface area contributed by atoms with Crippen LogP contribution in [0.5, 0.6) is 0 Å². The Balaban J connectivity index is 0.000000127. The van der Waals surface area contributed by atoms with E-state index in [1.807, 2.05) is 73.6 Å². The average molecular weight is 1890 g/mol. The summed E-state index contributed by atoms with van der Waals surface area (Å²) < 4.78 is 2.50. The number of benzene rings is 19. The van der Waals surface area contributed by atoms with Crippen molar-refractivity contribution in [2.75, 3.05) is 0 Å². The van der Waals surface area contributed by atoms with Gasteiger partial charge < -0.3 is 4.57 Å². The minimum Gasteiger partial charge on any atom is -0.309 e. The molecule has 5 aromatic heterocycles. The maximum Gasteiger partial charge on any atom is 0.179 e. The number of pyridine rings is 3. The molecule has 0 radical (unpaired) electrons. The van der Waals surface area contributed by atoms with Gasteiger partial charge in [-0.2, -0.15) is 0 Å². The van der Waals surface area contributed by atoms with Crippen LogP contribution in [-0.2, 0) is 5.41 Å². The van der Waals surface area contributed by atoms with Gasteiger partial charge in [0.2, 0.25) is 0 Å². The summed E-state index contributed by atoms with van der Waals surface area (Å²) in [6.45, 7) is 6.86. The Hall–Kier alpha value is -18.1. The van der Waals surface area contributed by atoms with Crippen LogP contribution in [0, 0.1) is 0 Å². The molecule has 0 aliphatic heterocycles. The van der Waals surface area contributed by atoms with Gasteiger partial charge in [0.15, 0.2) is 33.6 Å². The minimum atomic E-state index is -2.81. The van der Waals surface area contributed by atoms with E-state index in [2.05, 4.69) is 538 Å². The molecule has 5 heterocycles. The molecular formula is C136H103N7Si2. The summed E-state index contributed by atoms with van der Waals surface area (Å²) in [7, 11) is -5.62. The first-order valence-corrected chi connectivity index (χ1v) is 53.4. The van der Waals surface area contributed by atoms with Gasteiger partial charge in [-0.25, -0.2) is 15.0 Å². The van der Waals surface area contributed by atoms with Crippen LogP contribution < -0.4 is 41.5 Å². The first kappa shape index (κ1) is 91.9. The maximum absolute atomic E-state index is 5.03. The van der Waals surface area contributed by atoms with Crippen LogP contribution in [0.1, 0.15) is 26.3 Å². The third-order valence-electron chi connectivity index (χ3n) is 27.7. The van der Waals surface area contributed by atoms with E-state index >= 15 is 0 Å². The standard InChI is InChI=1S/C58H49NSi2.2C39H27N3/c1-58(2,3)44-34-36-45(37-35-44)59-56-40-38-52(60(46-22-10-4-11-23-46,47-24-12-5-13-25-47)48-26-14-6-15-27-48)42-54(56)55-43-53(39-41-57(55)59)61(49-28-16-7-17-29-49,50-30-18-8-19-31-50)51-32-20-9-21-33-51;1-7-28(34-13-4-16-40-25-34)19-31(10-1)37-22-38(32-11-2-8-29(20-32)35-14-5-17-41-26-35)24-39(23-37)33-12-3-9-30(21-33)36-15-6-18-42-27-36;1-4-13-28(14-5-1)31-19-10-22-34(25-31)37-40-38(35-23-11-20-32(26-35)29-15-6-2-7-16-29)42-39(41-37)36-24-12-21-33(27-36)30-17-8-3-9-18-30/h4-43H,1-3H3;2*1-27H. The van der Waals surface area contributed by atoms with Crippen molar-refractivity contribution in [1.29, 1.82) is 0 Å². The molecular weight excluding hydrogens is 1790 g/mol. The van der Waals surface area contributed by atoms with E-state index < -0.39 is 16.1 Å². The second kappa shape index (κ2) is 41.7. The van der Waals surface area contributed by atoms with Gasteiger partial charge in [-0.05, 0) is 233 Å². The molecule has 0 amide bonds. The summed E-state index contributed by atoms with van der Waals surface area (Å²) in [4.78, 5) is 28.1. The smallest absolute Gasteiger partial charge is 0.179 e. The molecule has 0 atom stereocenters. The molecule has 0 aliphatic carbocycles. The fourth-order valence-electron chi connectivity index (χ4n) is 20.5. The third kappa shape index (κ3) is 19.4. The van der Waals surface area contributed by atoms with Gasteiger partial charge >= 0.3 is 0 Å². The number of fused-ring (bicyclic) bond motifs is 3. The molecule has 0 aliphatic rings. The Bertz CT molecular complexity index is 7430. The largest absolute Gasteiger partial charge is 0.309 e. The van der Waals surface area contributed by atoms with Gasteiger partial charge in [0.1, 0.15) is 0 Å². The Kier molecular flexibility index (Phi) is 26.5. The summed E-state index contributed by atoms with van der Waals surface area (Å²) in [5.74, 6) is 1.93. The second-order valence-electron chi connectivity index (χ2n) is 37.7. The monoisotopic (exact) mass is 1890 g/mol. The predicted octanol–water partition coefficient (Wildman–Crippen LogP) is 28.6. The molecule has 24 rings (SSSR count). The van der Waals surface area contributed by atoms with Gasteiger partial charge in [-0.1, -0.05) is 458 Å². The number of hydrogen-bond acceptors (Lipinski definition) is 6. The van der Waals surface area contributed by atoms with Crippen LogP contribution in [0.4, 0.5) is 0 Å². The van der Waals surface area contributed by atoms with Crippen molar-refractivity contribution in [2.45, 2.75) is 26.2 Å². The lowest BCUT2D eigenvalue weighted by Crippen LogP contribution is -2.74. The Morgan fingerprint density at radius 3 is 0.634 bits per heavy atom. The van der Waals surface area contributed by atoms with E-state index in [1.165, 1.54) is 74.6 Å². The highest BCUT2D eigenvalue weighted by Crippen LogP contribution is 2.41. The first-order chi connectivity index (χ1) is 71.5. The maximum atomic E-state index is 5.03. The molecule has 24 aromatic rings. The number of aromatic nitrogens is 7. The molecule has 19 aromatic carbocycles. The van der Waals surface area contributed by atoms with E-state index in [0.717, 1.165) is 117 Å². The van der Waals surface area contributed by atoms with Crippen molar-refractivity contribution >= 4 is 79.4 Å². The molecule has 9 heteroatoms. The summed E-state index contributed by atoms with van der Waals surface area (Å²) in [6, 6.07) is 193. The van der Waals surface area contributed by atoms with Crippen molar-refractivity contribution in [3.8, 4) is 140 Å². The molecule has 7 nitrogen and oxygen atoms in total. The summed E-state index contributed by atoms with van der Waals surface area (Å²) in [5.41, 5.74) is 28.3. The fourth-order valence-corrected chi connectivity index (χ4v) is 30.1. The zero-order valence-corrected chi connectivity index (χ0v) is 82.9. The zero-order valence-electron chi connectivity index (χ0n) is 80.9. The van der Waals surface area contributed by atoms with E-state index in [1.54, 1.807) is 0 Å². The zero-order chi connectivity index (χ0) is 97.7. The fraction of sp³-hybridized carbons (Fsp3) is 0.0294. The van der Waals surface area contributed by atoms with Crippen molar-refractivity contribution in [2.24, 2.45) is 0 Å². The third-order valence-corrected chi connectivity index (χ3v) is 37.2. The number of hydrogen-bond donors (Lipinski definition) is 0. The van der Waals surface area contributed by atoms with Crippen molar-refractivity contribution in [1.82, 2.24) is 34.5 Å². The number of rotatable bonds is 21.